The third-order valence-corrected chi connectivity index (χ3v) is 6.36. The van der Waals surface area contributed by atoms with Gasteiger partial charge in [0.15, 0.2) is 0 Å². The molecular formula is C21H28N2O5S. The van der Waals surface area contributed by atoms with Gasteiger partial charge in [-0.1, -0.05) is 25.1 Å². The summed E-state index contributed by atoms with van der Waals surface area (Å²) < 4.78 is 37.6. The lowest BCUT2D eigenvalue weighted by molar-refractivity contribution is -0.121. The van der Waals surface area contributed by atoms with Gasteiger partial charge in [-0.15, -0.1) is 0 Å². The smallest absolute Gasteiger partial charge is 0.243 e. The fourth-order valence-electron chi connectivity index (χ4n) is 2.94. The third-order valence-electron chi connectivity index (χ3n) is 4.43. The summed E-state index contributed by atoms with van der Waals surface area (Å²) >= 11 is 0. The number of nitrogens with zero attached hydrogens (tertiary/aromatic N) is 1. The summed E-state index contributed by atoms with van der Waals surface area (Å²) in [6, 6.07) is 13.2. The molecule has 0 saturated carbocycles. The fraction of sp³-hybridized carbons (Fsp3) is 0.381. The molecule has 8 heteroatoms. The number of rotatable bonds is 10. The Morgan fingerprint density at radius 2 is 1.76 bits per heavy atom. The lowest BCUT2D eigenvalue weighted by atomic mass is 10.1. The van der Waals surface area contributed by atoms with Gasteiger partial charge in [-0.2, -0.15) is 4.31 Å². The van der Waals surface area contributed by atoms with Gasteiger partial charge in [0.05, 0.1) is 31.2 Å². The number of methoxy groups -OCH3 is 1. The predicted molar refractivity (Wildman–Crippen MR) is 112 cm³/mol. The molecule has 0 fully saturated rings. The van der Waals surface area contributed by atoms with E-state index in [0.717, 1.165) is 9.87 Å². The van der Waals surface area contributed by atoms with Crippen LogP contribution in [0.4, 0.5) is 0 Å². The molecular weight excluding hydrogens is 392 g/mol. The molecule has 29 heavy (non-hydrogen) atoms. The van der Waals surface area contributed by atoms with Crippen molar-refractivity contribution in [3.8, 4) is 11.5 Å². The van der Waals surface area contributed by atoms with Gasteiger partial charge in [0.2, 0.25) is 15.9 Å². The van der Waals surface area contributed by atoms with Crippen LogP contribution in [0.15, 0.2) is 53.4 Å². The van der Waals surface area contributed by atoms with Gasteiger partial charge in [0.25, 0.3) is 0 Å². The number of para-hydroxylation sites is 1. The summed E-state index contributed by atoms with van der Waals surface area (Å²) in [5.74, 6) is 0.868. The number of carbonyl (C=O) groups is 1. The quantitative estimate of drug-likeness (QED) is 0.639. The molecule has 0 heterocycles. The van der Waals surface area contributed by atoms with Crippen LogP contribution in [0.1, 0.15) is 32.4 Å². The molecule has 0 saturated heterocycles. The van der Waals surface area contributed by atoms with Crippen LogP contribution in [0.5, 0.6) is 11.5 Å². The SMILES string of the molecule is CCOc1ccc(S(=O)(=O)N(CC)CC(=O)NC(C)c2ccccc2OC)cc1. The second-order valence-corrected chi connectivity index (χ2v) is 8.30. The minimum absolute atomic E-state index is 0.119. The topological polar surface area (TPSA) is 84.9 Å². The molecule has 0 aromatic heterocycles. The fourth-order valence-corrected chi connectivity index (χ4v) is 4.34. The van der Waals surface area contributed by atoms with Crippen molar-refractivity contribution in [2.75, 3.05) is 26.8 Å². The molecule has 0 radical (unpaired) electrons. The maximum absolute atomic E-state index is 12.9. The molecule has 2 aromatic rings. The first-order valence-corrected chi connectivity index (χ1v) is 10.9. The first kappa shape index (κ1) is 22.7. The van der Waals surface area contributed by atoms with Crippen LogP contribution < -0.4 is 14.8 Å². The average molecular weight is 421 g/mol. The largest absolute Gasteiger partial charge is 0.496 e. The Balaban J connectivity index is 2.10. The van der Waals surface area contributed by atoms with Crippen LogP contribution in [0, 0.1) is 0 Å². The molecule has 7 nitrogen and oxygen atoms in total. The zero-order valence-corrected chi connectivity index (χ0v) is 18.0. The first-order valence-electron chi connectivity index (χ1n) is 9.48. The number of likely N-dealkylation sites (N-methyl/N-ethyl adjacent to an activating group) is 1. The van der Waals surface area contributed by atoms with Crippen LogP contribution in [0.2, 0.25) is 0 Å². The number of nitrogens with one attached hydrogen (secondary N) is 1. The second kappa shape index (κ2) is 10.3. The molecule has 2 rings (SSSR count). The first-order chi connectivity index (χ1) is 13.8. The number of carbonyl (C=O) groups excluding carboxylic acids is 1. The van der Waals surface area contributed by atoms with Gasteiger partial charge >= 0.3 is 0 Å². The Kier molecular flexibility index (Phi) is 8.04. The molecule has 158 valence electrons. The summed E-state index contributed by atoms with van der Waals surface area (Å²) in [5, 5.41) is 2.84. The van der Waals surface area contributed by atoms with E-state index in [0.29, 0.717) is 18.1 Å². The third kappa shape index (κ3) is 5.71. The van der Waals surface area contributed by atoms with Gasteiger partial charge in [-0.25, -0.2) is 8.42 Å². The summed E-state index contributed by atoms with van der Waals surface area (Å²) in [6.07, 6.45) is 0. The Hall–Kier alpha value is -2.58. The van der Waals surface area contributed by atoms with E-state index in [-0.39, 0.29) is 29.9 Å². The lowest BCUT2D eigenvalue weighted by Gasteiger charge is -2.22. The number of hydrogen-bond donors (Lipinski definition) is 1. The van der Waals surface area contributed by atoms with Crippen LogP contribution in [-0.4, -0.2) is 45.4 Å². The highest BCUT2D eigenvalue weighted by molar-refractivity contribution is 7.89. The number of hydrogen-bond acceptors (Lipinski definition) is 5. The van der Waals surface area contributed by atoms with E-state index < -0.39 is 10.0 Å². The van der Waals surface area contributed by atoms with Crippen molar-refractivity contribution in [2.24, 2.45) is 0 Å². The number of ether oxygens (including phenoxy) is 2. The van der Waals surface area contributed by atoms with Crippen molar-refractivity contribution in [3.63, 3.8) is 0 Å². The molecule has 1 atom stereocenters. The van der Waals surface area contributed by atoms with Gasteiger partial charge in [-0.05, 0) is 44.2 Å². The maximum Gasteiger partial charge on any atom is 0.243 e. The summed E-state index contributed by atoms with van der Waals surface area (Å²) in [5.41, 5.74) is 0.820. The van der Waals surface area contributed by atoms with Crippen LogP contribution in [-0.2, 0) is 14.8 Å². The summed E-state index contributed by atoms with van der Waals surface area (Å²) in [4.78, 5) is 12.7. The second-order valence-electron chi connectivity index (χ2n) is 6.37. The minimum atomic E-state index is -3.80. The van der Waals surface area contributed by atoms with E-state index in [1.54, 1.807) is 26.2 Å². The zero-order valence-electron chi connectivity index (χ0n) is 17.2. The standard InChI is InChI=1S/C21H28N2O5S/c1-5-23(29(25,26)18-13-11-17(12-14-18)28-6-2)15-21(24)22-16(3)19-9-7-8-10-20(19)27-4/h7-14,16H,5-6,15H2,1-4H3,(H,22,24). The summed E-state index contributed by atoms with van der Waals surface area (Å²) in [7, 11) is -2.23. The predicted octanol–water partition coefficient (Wildman–Crippen LogP) is 2.98. The summed E-state index contributed by atoms with van der Waals surface area (Å²) in [6.45, 7) is 5.78. The van der Waals surface area contributed by atoms with Crippen LogP contribution >= 0.6 is 0 Å². The Bertz CT molecular complexity index is 913. The monoisotopic (exact) mass is 420 g/mol. The van der Waals surface area contributed by atoms with E-state index >= 15 is 0 Å². The highest BCUT2D eigenvalue weighted by atomic mass is 32.2. The Labute approximate surface area is 172 Å². The van der Waals surface area contributed by atoms with E-state index in [9.17, 15) is 13.2 Å². The molecule has 2 aromatic carbocycles. The van der Waals surface area contributed by atoms with Crippen molar-refractivity contribution >= 4 is 15.9 Å². The Morgan fingerprint density at radius 3 is 2.34 bits per heavy atom. The molecule has 0 aliphatic carbocycles. The number of amides is 1. The van der Waals surface area contributed by atoms with Crippen LogP contribution in [0.25, 0.3) is 0 Å². The van der Waals surface area contributed by atoms with E-state index in [1.807, 2.05) is 38.1 Å². The molecule has 1 unspecified atom stereocenters. The molecule has 0 aliphatic rings. The molecule has 0 bridgehead atoms. The van der Waals surface area contributed by atoms with E-state index in [4.69, 9.17) is 9.47 Å². The lowest BCUT2D eigenvalue weighted by Crippen LogP contribution is -2.41. The number of benzene rings is 2. The average Bonchev–Trinajstić information content (AvgIpc) is 2.72. The van der Waals surface area contributed by atoms with Gasteiger partial charge < -0.3 is 14.8 Å². The molecule has 0 aliphatic heterocycles. The van der Waals surface area contributed by atoms with Gasteiger partial charge in [0, 0.05) is 12.1 Å². The van der Waals surface area contributed by atoms with E-state index in [2.05, 4.69) is 5.32 Å². The van der Waals surface area contributed by atoms with Crippen molar-refractivity contribution < 1.29 is 22.7 Å². The Morgan fingerprint density at radius 1 is 1.10 bits per heavy atom. The van der Waals surface area contributed by atoms with E-state index in [1.165, 1.54) is 12.1 Å². The van der Waals surface area contributed by atoms with Crippen molar-refractivity contribution in [1.29, 1.82) is 0 Å². The van der Waals surface area contributed by atoms with Crippen LogP contribution in [0.3, 0.4) is 0 Å². The van der Waals surface area contributed by atoms with Gasteiger partial charge in [0.1, 0.15) is 11.5 Å². The molecule has 1 N–H and O–H groups in total. The number of sulfonamides is 1. The minimum Gasteiger partial charge on any atom is -0.496 e. The highest BCUT2D eigenvalue weighted by Gasteiger charge is 2.26. The van der Waals surface area contributed by atoms with Crippen molar-refractivity contribution in [1.82, 2.24) is 9.62 Å². The van der Waals surface area contributed by atoms with Crippen molar-refractivity contribution in [3.05, 3.63) is 54.1 Å². The maximum atomic E-state index is 12.9. The van der Waals surface area contributed by atoms with Gasteiger partial charge in [-0.3, -0.25) is 4.79 Å². The zero-order chi connectivity index (χ0) is 21.4. The highest BCUT2D eigenvalue weighted by Crippen LogP contribution is 2.24. The molecule has 0 spiro atoms. The van der Waals surface area contributed by atoms with Crippen molar-refractivity contribution in [2.45, 2.75) is 31.7 Å². The normalized spacial score (nSPS) is 12.4. The molecule has 1 amide bonds.